The minimum Gasteiger partial charge on any atom is -0.340 e. The minimum absolute atomic E-state index is 0.187. The number of carbonyl (C=O) groups excluding carboxylic acids is 2. The van der Waals surface area contributed by atoms with E-state index in [1.54, 1.807) is 12.1 Å². The molecular formula is C16H20N2O2. The Bertz CT molecular complexity index is 532. The molecule has 0 spiro atoms. The van der Waals surface area contributed by atoms with Gasteiger partial charge in [-0.05, 0) is 36.5 Å². The third-order valence-electron chi connectivity index (χ3n) is 3.50. The van der Waals surface area contributed by atoms with E-state index in [-0.39, 0.29) is 11.8 Å². The van der Waals surface area contributed by atoms with Crippen molar-refractivity contribution < 1.29 is 9.59 Å². The van der Waals surface area contributed by atoms with Gasteiger partial charge in [-0.15, -0.1) is 0 Å². The standard InChI is InChI=1S/C16H20N2O2/c1-10(2)12-5-7-13(8-6-12)15(19)18-14-9-4-11(3)17-16(14)20/h5-8,10,14H,3-4,9H2,1-2H3,(H,17,20)(H,18,19). The topological polar surface area (TPSA) is 58.2 Å². The van der Waals surface area contributed by atoms with Crippen LogP contribution in [0.3, 0.4) is 0 Å². The van der Waals surface area contributed by atoms with Crippen molar-refractivity contribution in [2.75, 3.05) is 0 Å². The van der Waals surface area contributed by atoms with E-state index in [1.807, 2.05) is 12.1 Å². The van der Waals surface area contributed by atoms with Crippen LogP contribution in [0.2, 0.25) is 0 Å². The predicted octanol–water partition coefficient (Wildman–Crippen LogP) is 2.33. The smallest absolute Gasteiger partial charge is 0.251 e. The molecule has 1 aromatic carbocycles. The molecular weight excluding hydrogens is 252 g/mol. The number of hydrogen-bond acceptors (Lipinski definition) is 2. The molecule has 1 heterocycles. The molecule has 0 radical (unpaired) electrons. The molecule has 20 heavy (non-hydrogen) atoms. The maximum Gasteiger partial charge on any atom is 0.251 e. The van der Waals surface area contributed by atoms with Gasteiger partial charge in [0.05, 0.1) is 0 Å². The van der Waals surface area contributed by atoms with Gasteiger partial charge in [0.25, 0.3) is 5.91 Å². The number of rotatable bonds is 3. The average molecular weight is 272 g/mol. The summed E-state index contributed by atoms with van der Waals surface area (Å²) in [6.07, 6.45) is 1.30. The highest BCUT2D eigenvalue weighted by Gasteiger charge is 2.25. The van der Waals surface area contributed by atoms with Crippen LogP contribution in [0, 0.1) is 0 Å². The van der Waals surface area contributed by atoms with E-state index in [0.717, 1.165) is 0 Å². The van der Waals surface area contributed by atoms with Crippen molar-refractivity contribution in [2.45, 2.75) is 38.6 Å². The average Bonchev–Trinajstić information content (AvgIpc) is 2.42. The molecule has 1 atom stereocenters. The minimum atomic E-state index is -0.474. The Kier molecular flexibility index (Phi) is 4.23. The zero-order chi connectivity index (χ0) is 14.7. The van der Waals surface area contributed by atoms with Crippen LogP contribution in [0.5, 0.6) is 0 Å². The molecule has 4 nitrogen and oxygen atoms in total. The van der Waals surface area contributed by atoms with Gasteiger partial charge in [-0.25, -0.2) is 0 Å². The van der Waals surface area contributed by atoms with Gasteiger partial charge in [0.2, 0.25) is 5.91 Å². The van der Waals surface area contributed by atoms with Crippen molar-refractivity contribution in [1.29, 1.82) is 0 Å². The summed E-state index contributed by atoms with van der Waals surface area (Å²) in [5, 5.41) is 5.42. The highest BCUT2D eigenvalue weighted by atomic mass is 16.2. The Morgan fingerprint density at radius 3 is 2.55 bits per heavy atom. The molecule has 0 aromatic heterocycles. The summed E-state index contributed by atoms with van der Waals surface area (Å²) in [5.74, 6) is 0.0311. The van der Waals surface area contributed by atoms with Gasteiger partial charge in [0, 0.05) is 11.3 Å². The molecule has 4 heteroatoms. The largest absolute Gasteiger partial charge is 0.340 e. The highest BCUT2D eigenvalue weighted by Crippen LogP contribution is 2.15. The lowest BCUT2D eigenvalue weighted by molar-refractivity contribution is -0.123. The van der Waals surface area contributed by atoms with E-state index < -0.39 is 6.04 Å². The first-order valence-corrected chi connectivity index (χ1v) is 6.87. The first kappa shape index (κ1) is 14.3. The molecule has 2 rings (SSSR count). The number of nitrogens with one attached hydrogen (secondary N) is 2. The molecule has 0 aliphatic carbocycles. The first-order chi connectivity index (χ1) is 9.47. The Labute approximate surface area is 119 Å². The summed E-state index contributed by atoms with van der Waals surface area (Å²) in [6.45, 7) is 7.93. The Balaban J connectivity index is 2.01. The van der Waals surface area contributed by atoms with Gasteiger partial charge >= 0.3 is 0 Å². The summed E-state index contributed by atoms with van der Waals surface area (Å²) in [5.41, 5.74) is 2.47. The van der Waals surface area contributed by atoms with Crippen molar-refractivity contribution in [1.82, 2.24) is 10.6 Å². The SMILES string of the molecule is C=C1CCC(NC(=O)c2ccc(C(C)C)cc2)C(=O)N1. The van der Waals surface area contributed by atoms with Crippen molar-refractivity contribution >= 4 is 11.8 Å². The summed E-state index contributed by atoms with van der Waals surface area (Å²) in [6, 6.07) is 7.01. The van der Waals surface area contributed by atoms with E-state index in [1.165, 1.54) is 5.56 Å². The number of allylic oxidation sites excluding steroid dienone is 1. The second-order valence-corrected chi connectivity index (χ2v) is 5.43. The maximum atomic E-state index is 12.1. The molecule has 1 aliphatic heterocycles. The Morgan fingerprint density at radius 1 is 1.35 bits per heavy atom. The molecule has 1 unspecified atom stereocenters. The van der Waals surface area contributed by atoms with E-state index >= 15 is 0 Å². The number of piperidine rings is 1. The number of carbonyl (C=O) groups is 2. The zero-order valence-electron chi connectivity index (χ0n) is 11.9. The second-order valence-electron chi connectivity index (χ2n) is 5.43. The van der Waals surface area contributed by atoms with E-state index in [4.69, 9.17) is 0 Å². The fraction of sp³-hybridized carbons (Fsp3) is 0.375. The lowest BCUT2D eigenvalue weighted by atomic mass is 10.0. The van der Waals surface area contributed by atoms with Crippen LogP contribution >= 0.6 is 0 Å². The summed E-state index contributed by atoms with van der Waals surface area (Å²) < 4.78 is 0. The molecule has 2 N–H and O–H groups in total. The van der Waals surface area contributed by atoms with Crippen LogP contribution in [-0.4, -0.2) is 17.9 Å². The lowest BCUT2D eigenvalue weighted by Crippen LogP contribution is -2.49. The third kappa shape index (κ3) is 3.26. The molecule has 1 saturated heterocycles. The van der Waals surface area contributed by atoms with Gasteiger partial charge < -0.3 is 10.6 Å². The van der Waals surface area contributed by atoms with Gasteiger partial charge in [-0.1, -0.05) is 32.6 Å². The summed E-state index contributed by atoms with van der Waals surface area (Å²) in [7, 11) is 0. The van der Waals surface area contributed by atoms with Crippen LogP contribution in [0.25, 0.3) is 0 Å². The molecule has 106 valence electrons. The monoisotopic (exact) mass is 272 g/mol. The molecule has 1 aliphatic rings. The van der Waals surface area contributed by atoms with Crippen molar-refractivity contribution in [3.8, 4) is 0 Å². The van der Waals surface area contributed by atoms with Crippen molar-refractivity contribution in [3.63, 3.8) is 0 Å². The fourth-order valence-corrected chi connectivity index (χ4v) is 2.17. The first-order valence-electron chi connectivity index (χ1n) is 6.87. The maximum absolute atomic E-state index is 12.1. The van der Waals surface area contributed by atoms with Crippen LogP contribution < -0.4 is 10.6 Å². The van der Waals surface area contributed by atoms with Crippen LogP contribution in [0.4, 0.5) is 0 Å². The lowest BCUT2D eigenvalue weighted by Gasteiger charge is -2.24. The highest BCUT2D eigenvalue weighted by molar-refractivity contribution is 5.98. The summed E-state index contributed by atoms with van der Waals surface area (Å²) in [4.78, 5) is 23.8. The van der Waals surface area contributed by atoms with Crippen LogP contribution in [-0.2, 0) is 4.79 Å². The second kappa shape index (κ2) is 5.90. The zero-order valence-corrected chi connectivity index (χ0v) is 11.9. The third-order valence-corrected chi connectivity index (χ3v) is 3.50. The Hall–Kier alpha value is -2.10. The number of amides is 2. The van der Waals surface area contributed by atoms with Gasteiger partial charge in [0.1, 0.15) is 6.04 Å². The van der Waals surface area contributed by atoms with E-state index in [0.29, 0.717) is 30.0 Å². The molecule has 2 amide bonds. The Morgan fingerprint density at radius 2 is 2.00 bits per heavy atom. The molecule has 0 saturated carbocycles. The van der Waals surface area contributed by atoms with E-state index in [9.17, 15) is 9.59 Å². The predicted molar refractivity (Wildman–Crippen MR) is 78.3 cm³/mol. The quantitative estimate of drug-likeness (QED) is 0.887. The summed E-state index contributed by atoms with van der Waals surface area (Å²) >= 11 is 0. The van der Waals surface area contributed by atoms with Crippen LogP contribution in [0.15, 0.2) is 36.5 Å². The van der Waals surface area contributed by atoms with Gasteiger partial charge in [0.15, 0.2) is 0 Å². The van der Waals surface area contributed by atoms with Crippen molar-refractivity contribution in [3.05, 3.63) is 47.7 Å². The fourth-order valence-electron chi connectivity index (χ4n) is 2.17. The van der Waals surface area contributed by atoms with E-state index in [2.05, 4.69) is 31.1 Å². The molecule has 0 bridgehead atoms. The molecule has 1 fully saturated rings. The molecule has 1 aromatic rings. The normalized spacial score (nSPS) is 18.9. The number of hydrogen-bond donors (Lipinski definition) is 2. The van der Waals surface area contributed by atoms with Gasteiger partial charge in [-0.3, -0.25) is 9.59 Å². The van der Waals surface area contributed by atoms with Crippen LogP contribution in [0.1, 0.15) is 48.5 Å². The van der Waals surface area contributed by atoms with Gasteiger partial charge in [-0.2, -0.15) is 0 Å². The number of benzene rings is 1. The van der Waals surface area contributed by atoms with Crippen molar-refractivity contribution in [2.24, 2.45) is 0 Å².